The molecular formula is C17H16N6O2. The number of aryl methyl sites for hydroxylation is 1. The lowest BCUT2D eigenvalue weighted by Gasteiger charge is -1.99. The van der Waals surface area contributed by atoms with E-state index in [1.165, 1.54) is 4.68 Å². The van der Waals surface area contributed by atoms with Crippen LogP contribution in [-0.4, -0.2) is 40.6 Å². The van der Waals surface area contributed by atoms with Gasteiger partial charge in [-0.15, -0.1) is 5.10 Å². The summed E-state index contributed by atoms with van der Waals surface area (Å²) in [4.78, 5) is 19.0. The highest BCUT2D eigenvalue weighted by Crippen LogP contribution is 2.28. The van der Waals surface area contributed by atoms with E-state index in [9.17, 15) is 9.90 Å². The van der Waals surface area contributed by atoms with Crippen LogP contribution < -0.4 is 0 Å². The van der Waals surface area contributed by atoms with Crippen LogP contribution in [0, 0.1) is 0 Å². The zero-order valence-electron chi connectivity index (χ0n) is 13.5. The Kier molecular flexibility index (Phi) is 3.57. The molecule has 0 spiro atoms. The number of fused-ring (bicyclic) bond motifs is 1. The molecule has 126 valence electrons. The zero-order chi connectivity index (χ0) is 17.4. The molecule has 2 N–H and O–H groups in total. The van der Waals surface area contributed by atoms with E-state index in [1.54, 1.807) is 4.68 Å². The molecule has 0 saturated carbocycles. The maximum Gasteiger partial charge on any atom is 0.325 e. The summed E-state index contributed by atoms with van der Waals surface area (Å²) in [5.41, 5.74) is 2.40. The van der Waals surface area contributed by atoms with E-state index in [0.717, 1.165) is 23.0 Å². The van der Waals surface area contributed by atoms with Gasteiger partial charge in [0, 0.05) is 35.4 Å². The fourth-order valence-corrected chi connectivity index (χ4v) is 2.80. The van der Waals surface area contributed by atoms with E-state index in [1.807, 2.05) is 49.6 Å². The number of rotatable bonds is 5. The van der Waals surface area contributed by atoms with Gasteiger partial charge in [-0.3, -0.25) is 9.48 Å². The molecule has 0 unspecified atom stereocenters. The summed E-state index contributed by atoms with van der Waals surface area (Å²) in [5, 5.41) is 19.0. The van der Waals surface area contributed by atoms with Crippen molar-refractivity contribution in [2.24, 2.45) is 0 Å². The summed E-state index contributed by atoms with van der Waals surface area (Å²) < 4.78 is 3.14. The van der Waals surface area contributed by atoms with Crippen molar-refractivity contribution in [3.63, 3.8) is 0 Å². The van der Waals surface area contributed by atoms with E-state index in [4.69, 9.17) is 0 Å². The Morgan fingerprint density at radius 3 is 2.84 bits per heavy atom. The summed E-state index contributed by atoms with van der Waals surface area (Å²) in [6.07, 6.45) is 3.67. The Morgan fingerprint density at radius 2 is 2.08 bits per heavy atom. The smallest absolute Gasteiger partial charge is 0.325 e. The van der Waals surface area contributed by atoms with E-state index < -0.39 is 5.97 Å². The van der Waals surface area contributed by atoms with Crippen LogP contribution in [0.4, 0.5) is 0 Å². The van der Waals surface area contributed by atoms with Gasteiger partial charge >= 0.3 is 5.97 Å². The van der Waals surface area contributed by atoms with E-state index in [2.05, 4.69) is 20.2 Å². The minimum Gasteiger partial charge on any atom is -0.480 e. The van der Waals surface area contributed by atoms with Crippen molar-refractivity contribution in [3.8, 4) is 22.9 Å². The fourth-order valence-electron chi connectivity index (χ4n) is 2.80. The third kappa shape index (κ3) is 2.67. The van der Waals surface area contributed by atoms with Crippen molar-refractivity contribution < 1.29 is 9.90 Å². The van der Waals surface area contributed by atoms with Gasteiger partial charge < -0.3 is 10.1 Å². The lowest BCUT2D eigenvalue weighted by atomic mass is 10.2. The first kappa shape index (κ1) is 15.1. The molecule has 0 radical (unpaired) electrons. The fraction of sp³-hybridized carbons (Fsp3) is 0.176. The second-order valence-corrected chi connectivity index (χ2v) is 5.62. The van der Waals surface area contributed by atoms with Gasteiger partial charge in [-0.2, -0.15) is 5.10 Å². The Morgan fingerprint density at radius 1 is 1.24 bits per heavy atom. The van der Waals surface area contributed by atoms with Gasteiger partial charge in [-0.1, -0.05) is 18.2 Å². The third-order valence-electron chi connectivity index (χ3n) is 3.98. The summed E-state index contributed by atoms with van der Waals surface area (Å²) >= 11 is 0. The van der Waals surface area contributed by atoms with Crippen LogP contribution in [-0.2, 0) is 17.9 Å². The number of para-hydroxylation sites is 1. The number of aromatic nitrogens is 6. The lowest BCUT2D eigenvalue weighted by Crippen LogP contribution is -2.12. The van der Waals surface area contributed by atoms with E-state index in [-0.39, 0.29) is 6.54 Å². The third-order valence-corrected chi connectivity index (χ3v) is 3.98. The number of hydrogen-bond donors (Lipinski definition) is 2. The Labute approximate surface area is 142 Å². The van der Waals surface area contributed by atoms with Crippen molar-refractivity contribution >= 4 is 16.9 Å². The van der Waals surface area contributed by atoms with Crippen molar-refractivity contribution in [3.05, 3.63) is 42.7 Å². The number of aliphatic carboxylic acids is 1. The van der Waals surface area contributed by atoms with Crippen molar-refractivity contribution in [1.82, 2.24) is 29.5 Å². The van der Waals surface area contributed by atoms with Crippen molar-refractivity contribution in [2.75, 3.05) is 0 Å². The van der Waals surface area contributed by atoms with Crippen LogP contribution in [0.2, 0.25) is 0 Å². The molecule has 0 saturated heterocycles. The monoisotopic (exact) mass is 336 g/mol. The molecule has 0 bridgehead atoms. The number of carboxylic acids is 1. The molecule has 0 aliphatic rings. The summed E-state index contributed by atoms with van der Waals surface area (Å²) in [5.74, 6) is -0.0684. The molecule has 0 aliphatic carbocycles. The molecule has 8 heteroatoms. The molecule has 0 aliphatic heterocycles. The van der Waals surface area contributed by atoms with Gasteiger partial charge in [-0.05, 0) is 19.1 Å². The Hall–Kier alpha value is -3.42. The molecule has 4 rings (SSSR count). The SMILES string of the molecule is CCn1ccc(-c2nc(-c3c[nH]c4ccccc34)nn2CC(=O)O)n1. The number of carboxylic acid groups (broad SMARTS) is 1. The number of aromatic amines is 1. The standard InChI is InChI=1S/C17H16N6O2/c1-2-22-8-7-14(20-22)17-19-16(21-23(17)10-15(24)25)12-9-18-13-6-4-3-5-11(12)13/h3-9,18H,2,10H2,1H3,(H,24,25). The first-order chi connectivity index (χ1) is 12.2. The second-order valence-electron chi connectivity index (χ2n) is 5.62. The maximum absolute atomic E-state index is 11.2. The van der Waals surface area contributed by atoms with Crippen molar-refractivity contribution in [2.45, 2.75) is 20.0 Å². The molecular weight excluding hydrogens is 320 g/mol. The average Bonchev–Trinajstić information content (AvgIpc) is 3.31. The lowest BCUT2D eigenvalue weighted by molar-refractivity contribution is -0.137. The first-order valence-corrected chi connectivity index (χ1v) is 7.92. The number of nitrogens with zero attached hydrogens (tertiary/aromatic N) is 5. The zero-order valence-corrected chi connectivity index (χ0v) is 13.5. The van der Waals surface area contributed by atoms with Crippen molar-refractivity contribution in [1.29, 1.82) is 0 Å². The molecule has 8 nitrogen and oxygen atoms in total. The van der Waals surface area contributed by atoms with E-state index >= 15 is 0 Å². The number of H-pyrrole nitrogens is 1. The largest absolute Gasteiger partial charge is 0.480 e. The van der Waals surface area contributed by atoms with E-state index in [0.29, 0.717) is 17.3 Å². The number of carbonyl (C=O) groups is 1. The molecule has 4 aromatic rings. The molecule has 3 aromatic heterocycles. The minimum absolute atomic E-state index is 0.274. The predicted molar refractivity (Wildman–Crippen MR) is 91.8 cm³/mol. The quantitative estimate of drug-likeness (QED) is 0.583. The van der Waals surface area contributed by atoms with Gasteiger partial charge in [0.1, 0.15) is 12.2 Å². The Bertz CT molecular complexity index is 1060. The highest BCUT2D eigenvalue weighted by molar-refractivity contribution is 5.93. The first-order valence-electron chi connectivity index (χ1n) is 7.92. The van der Waals surface area contributed by atoms with Crippen LogP contribution in [0.15, 0.2) is 42.7 Å². The normalized spacial score (nSPS) is 11.2. The molecule has 0 fully saturated rings. The topological polar surface area (TPSA) is 102 Å². The highest BCUT2D eigenvalue weighted by atomic mass is 16.4. The highest BCUT2D eigenvalue weighted by Gasteiger charge is 2.19. The number of nitrogens with one attached hydrogen (secondary N) is 1. The van der Waals surface area contributed by atoms with Crippen LogP contribution in [0.1, 0.15) is 6.92 Å². The van der Waals surface area contributed by atoms with Gasteiger partial charge in [-0.25, -0.2) is 9.67 Å². The molecule has 25 heavy (non-hydrogen) atoms. The maximum atomic E-state index is 11.2. The second kappa shape index (κ2) is 5.90. The van der Waals surface area contributed by atoms with Gasteiger partial charge in [0.25, 0.3) is 0 Å². The summed E-state index contributed by atoms with van der Waals surface area (Å²) in [6.45, 7) is 2.43. The van der Waals surface area contributed by atoms with Crippen LogP contribution in [0.3, 0.4) is 0 Å². The van der Waals surface area contributed by atoms with Crippen LogP contribution in [0.25, 0.3) is 33.8 Å². The summed E-state index contributed by atoms with van der Waals surface area (Å²) in [7, 11) is 0. The van der Waals surface area contributed by atoms with Crippen LogP contribution in [0.5, 0.6) is 0 Å². The molecule has 3 heterocycles. The van der Waals surface area contributed by atoms with Gasteiger partial charge in [0.2, 0.25) is 0 Å². The molecule has 0 amide bonds. The van der Waals surface area contributed by atoms with Crippen LogP contribution >= 0.6 is 0 Å². The van der Waals surface area contributed by atoms with Gasteiger partial charge in [0.05, 0.1) is 0 Å². The number of hydrogen-bond acceptors (Lipinski definition) is 4. The summed E-state index contributed by atoms with van der Waals surface area (Å²) in [6, 6.07) is 9.64. The predicted octanol–water partition coefficient (Wildman–Crippen LogP) is 2.39. The minimum atomic E-state index is -0.980. The number of benzene rings is 1. The Balaban J connectivity index is 1.85. The van der Waals surface area contributed by atoms with Gasteiger partial charge in [0.15, 0.2) is 11.6 Å². The molecule has 1 aromatic carbocycles. The molecule has 0 atom stereocenters. The average molecular weight is 336 g/mol.